The van der Waals surface area contributed by atoms with Crippen LogP contribution < -0.4 is 15.4 Å². The van der Waals surface area contributed by atoms with Gasteiger partial charge in [-0.3, -0.25) is 0 Å². The summed E-state index contributed by atoms with van der Waals surface area (Å²) in [4.78, 5) is 12.1. The Morgan fingerprint density at radius 1 is 1.10 bits per heavy atom. The van der Waals surface area contributed by atoms with Gasteiger partial charge in [-0.05, 0) is 43.2 Å². The molecule has 0 bridgehead atoms. The molecule has 0 aliphatic heterocycles. The average molecular weight is 305 g/mol. The predicted octanol–water partition coefficient (Wildman–Crippen LogP) is 4.61. The van der Waals surface area contributed by atoms with Crippen LogP contribution in [-0.2, 0) is 0 Å². The van der Waals surface area contributed by atoms with Gasteiger partial charge in [0.1, 0.15) is 5.75 Å². The fourth-order valence-electron chi connectivity index (χ4n) is 2.06. The predicted molar refractivity (Wildman–Crippen MR) is 86.6 cm³/mol. The molecule has 0 aromatic heterocycles. The van der Waals surface area contributed by atoms with Gasteiger partial charge in [-0.15, -0.1) is 0 Å². The van der Waals surface area contributed by atoms with E-state index in [1.807, 2.05) is 32.0 Å². The van der Waals surface area contributed by atoms with Crippen LogP contribution in [0, 0.1) is 13.8 Å². The van der Waals surface area contributed by atoms with Crippen molar-refractivity contribution in [2.24, 2.45) is 0 Å². The molecule has 0 saturated heterocycles. The summed E-state index contributed by atoms with van der Waals surface area (Å²) >= 11 is 5.94. The van der Waals surface area contributed by atoms with E-state index in [1.165, 1.54) is 7.11 Å². The molecule has 0 radical (unpaired) electrons. The number of para-hydroxylation sites is 1. The number of halogens is 1. The number of hydrogen-bond acceptors (Lipinski definition) is 2. The SMILES string of the molecule is COc1ccc(Cl)cc1NC(=O)Nc1c(C)cccc1C. The van der Waals surface area contributed by atoms with Gasteiger partial charge in [0.2, 0.25) is 0 Å². The van der Waals surface area contributed by atoms with E-state index in [4.69, 9.17) is 16.3 Å². The molecule has 0 aliphatic rings. The quantitative estimate of drug-likeness (QED) is 0.870. The number of ether oxygens (including phenoxy) is 1. The number of benzene rings is 2. The Labute approximate surface area is 129 Å². The first-order valence-corrected chi connectivity index (χ1v) is 6.87. The lowest BCUT2D eigenvalue weighted by Crippen LogP contribution is -2.21. The Morgan fingerprint density at radius 3 is 2.38 bits per heavy atom. The minimum absolute atomic E-state index is 0.340. The lowest BCUT2D eigenvalue weighted by atomic mass is 10.1. The summed E-state index contributed by atoms with van der Waals surface area (Å²) in [6.45, 7) is 3.89. The van der Waals surface area contributed by atoms with Crippen LogP contribution in [0.4, 0.5) is 16.2 Å². The largest absolute Gasteiger partial charge is 0.495 e. The average Bonchev–Trinajstić information content (AvgIpc) is 2.43. The van der Waals surface area contributed by atoms with Crippen LogP contribution in [0.1, 0.15) is 11.1 Å². The van der Waals surface area contributed by atoms with Gasteiger partial charge in [0.15, 0.2) is 0 Å². The number of anilines is 2. The van der Waals surface area contributed by atoms with Crippen molar-refractivity contribution < 1.29 is 9.53 Å². The lowest BCUT2D eigenvalue weighted by Gasteiger charge is -2.14. The van der Waals surface area contributed by atoms with Crippen molar-refractivity contribution in [3.63, 3.8) is 0 Å². The summed E-state index contributed by atoms with van der Waals surface area (Å²) in [6, 6.07) is 10.6. The number of carbonyl (C=O) groups excluding carboxylic acids is 1. The van der Waals surface area contributed by atoms with Gasteiger partial charge in [-0.25, -0.2) is 4.79 Å². The van der Waals surface area contributed by atoms with Crippen molar-refractivity contribution in [3.05, 3.63) is 52.5 Å². The molecule has 2 aromatic rings. The molecule has 0 saturated carbocycles. The van der Waals surface area contributed by atoms with E-state index in [0.29, 0.717) is 16.5 Å². The minimum Gasteiger partial charge on any atom is -0.495 e. The zero-order valence-electron chi connectivity index (χ0n) is 12.2. The molecule has 2 amide bonds. The molecule has 2 rings (SSSR count). The second-order valence-corrected chi connectivity index (χ2v) is 5.13. The summed E-state index contributed by atoms with van der Waals surface area (Å²) in [5.74, 6) is 0.552. The molecule has 0 atom stereocenters. The minimum atomic E-state index is -0.340. The molecule has 0 unspecified atom stereocenters. The Balaban J connectivity index is 2.17. The van der Waals surface area contributed by atoms with E-state index in [1.54, 1.807) is 18.2 Å². The highest BCUT2D eigenvalue weighted by atomic mass is 35.5. The highest BCUT2D eigenvalue weighted by Gasteiger charge is 2.10. The smallest absolute Gasteiger partial charge is 0.323 e. The first-order valence-electron chi connectivity index (χ1n) is 6.49. The Bertz CT molecular complexity index is 651. The topological polar surface area (TPSA) is 50.4 Å². The molecular formula is C16H17ClN2O2. The van der Waals surface area contributed by atoms with Crippen molar-refractivity contribution in [1.82, 2.24) is 0 Å². The first kappa shape index (κ1) is 15.2. The number of methoxy groups -OCH3 is 1. The van der Waals surface area contributed by atoms with Crippen LogP contribution in [0.2, 0.25) is 5.02 Å². The third kappa shape index (κ3) is 3.67. The lowest BCUT2D eigenvalue weighted by molar-refractivity contribution is 0.262. The molecule has 0 fully saturated rings. The Hall–Kier alpha value is -2.20. The molecule has 4 nitrogen and oxygen atoms in total. The van der Waals surface area contributed by atoms with Crippen LogP contribution in [0.3, 0.4) is 0 Å². The van der Waals surface area contributed by atoms with E-state index in [-0.39, 0.29) is 6.03 Å². The van der Waals surface area contributed by atoms with Gasteiger partial charge in [0.25, 0.3) is 0 Å². The van der Waals surface area contributed by atoms with E-state index in [9.17, 15) is 4.79 Å². The number of nitrogens with one attached hydrogen (secondary N) is 2. The van der Waals surface area contributed by atoms with Crippen molar-refractivity contribution in [1.29, 1.82) is 0 Å². The first-order chi connectivity index (χ1) is 10.0. The molecule has 0 spiro atoms. The van der Waals surface area contributed by atoms with Crippen molar-refractivity contribution in [2.45, 2.75) is 13.8 Å². The van der Waals surface area contributed by atoms with Crippen LogP contribution >= 0.6 is 11.6 Å². The third-order valence-electron chi connectivity index (χ3n) is 3.13. The summed E-state index contributed by atoms with van der Waals surface area (Å²) in [5, 5.41) is 6.12. The second-order valence-electron chi connectivity index (χ2n) is 4.69. The fraction of sp³-hybridized carbons (Fsp3) is 0.188. The molecule has 110 valence electrons. The fourth-order valence-corrected chi connectivity index (χ4v) is 2.23. The van der Waals surface area contributed by atoms with Gasteiger partial charge in [0, 0.05) is 10.7 Å². The van der Waals surface area contributed by atoms with E-state index in [2.05, 4.69) is 10.6 Å². The zero-order chi connectivity index (χ0) is 15.4. The van der Waals surface area contributed by atoms with Crippen LogP contribution in [0.5, 0.6) is 5.75 Å². The molecule has 2 N–H and O–H groups in total. The number of amides is 2. The number of carbonyl (C=O) groups is 1. The highest BCUT2D eigenvalue weighted by Crippen LogP contribution is 2.28. The van der Waals surface area contributed by atoms with Gasteiger partial charge in [0.05, 0.1) is 12.8 Å². The van der Waals surface area contributed by atoms with Gasteiger partial charge in [-0.1, -0.05) is 29.8 Å². The molecule has 2 aromatic carbocycles. The molecule has 5 heteroatoms. The maximum absolute atomic E-state index is 12.1. The van der Waals surface area contributed by atoms with Gasteiger partial charge in [-0.2, -0.15) is 0 Å². The molecular weight excluding hydrogens is 288 g/mol. The maximum atomic E-state index is 12.1. The number of hydrogen-bond donors (Lipinski definition) is 2. The summed E-state index contributed by atoms with van der Waals surface area (Å²) < 4.78 is 5.20. The molecule has 0 aliphatic carbocycles. The number of aryl methyl sites for hydroxylation is 2. The van der Waals surface area contributed by atoms with E-state index < -0.39 is 0 Å². The normalized spacial score (nSPS) is 10.1. The highest BCUT2D eigenvalue weighted by molar-refractivity contribution is 6.31. The summed E-state index contributed by atoms with van der Waals surface area (Å²) in [7, 11) is 1.54. The monoisotopic (exact) mass is 304 g/mol. The molecule has 0 heterocycles. The Morgan fingerprint density at radius 2 is 1.76 bits per heavy atom. The van der Waals surface area contributed by atoms with Crippen LogP contribution in [0.15, 0.2) is 36.4 Å². The second kappa shape index (κ2) is 6.50. The van der Waals surface area contributed by atoms with Crippen molar-refractivity contribution in [3.8, 4) is 5.75 Å². The molecule has 21 heavy (non-hydrogen) atoms. The number of rotatable bonds is 3. The van der Waals surface area contributed by atoms with Crippen LogP contribution in [0.25, 0.3) is 0 Å². The van der Waals surface area contributed by atoms with Crippen molar-refractivity contribution >= 4 is 29.0 Å². The van der Waals surface area contributed by atoms with Crippen molar-refractivity contribution in [2.75, 3.05) is 17.7 Å². The van der Waals surface area contributed by atoms with Gasteiger partial charge < -0.3 is 15.4 Å². The van der Waals surface area contributed by atoms with E-state index in [0.717, 1.165) is 16.8 Å². The standard InChI is InChI=1S/C16H17ClN2O2/c1-10-5-4-6-11(2)15(10)19-16(20)18-13-9-12(17)7-8-14(13)21-3/h4-9H,1-3H3,(H2,18,19,20). The summed E-state index contributed by atoms with van der Waals surface area (Å²) in [6.07, 6.45) is 0. The Kier molecular flexibility index (Phi) is 4.70. The van der Waals surface area contributed by atoms with Gasteiger partial charge >= 0.3 is 6.03 Å². The zero-order valence-corrected chi connectivity index (χ0v) is 12.9. The van der Waals surface area contributed by atoms with Crippen LogP contribution in [-0.4, -0.2) is 13.1 Å². The summed E-state index contributed by atoms with van der Waals surface area (Å²) in [5.41, 5.74) is 3.33. The third-order valence-corrected chi connectivity index (χ3v) is 3.36. The number of urea groups is 1. The van der Waals surface area contributed by atoms with E-state index >= 15 is 0 Å². The maximum Gasteiger partial charge on any atom is 0.323 e.